The largest absolute Gasteiger partial charge is 0.360 e. The van der Waals surface area contributed by atoms with Crippen molar-refractivity contribution in [2.24, 2.45) is 0 Å². The van der Waals surface area contributed by atoms with Crippen LogP contribution in [0.15, 0.2) is 4.52 Å². The average molecular weight is 293 g/mol. The summed E-state index contributed by atoms with van der Waals surface area (Å²) in [6, 6.07) is 0.0995. The first kappa shape index (κ1) is 15.5. The Morgan fingerprint density at radius 2 is 1.95 bits per heavy atom. The summed E-state index contributed by atoms with van der Waals surface area (Å²) in [4.78, 5) is 25.6. The predicted molar refractivity (Wildman–Crippen MR) is 78.1 cm³/mol. The first-order chi connectivity index (χ1) is 9.90. The van der Waals surface area contributed by atoms with Crippen LogP contribution in [-0.2, 0) is 4.79 Å². The fourth-order valence-electron chi connectivity index (χ4n) is 2.65. The van der Waals surface area contributed by atoms with Crippen molar-refractivity contribution >= 4 is 11.8 Å². The van der Waals surface area contributed by atoms with Crippen LogP contribution in [0.2, 0.25) is 0 Å². The SMILES string of the molecule is CC(=O)N1CCC(NC(=O)c2c(C)noc2C(C)C)CC1. The highest BCUT2D eigenvalue weighted by Crippen LogP contribution is 2.22. The summed E-state index contributed by atoms with van der Waals surface area (Å²) in [6.45, 7) is 8.70. The van der Waals surface area contributed by atoms with Crippen molar-refractivity contribution in [3.63, 3.8) is 0 Å². The summed E-state index contributed by atoms with van der Waals surface area (Å²) in [5.74, 6) is 0.716. The summed E-state index contributed by atoms with van der Waals surface area (Å²) in [5, 5.41) is 6.94. The van der Waals surface area contributed by atoms with Crippen molar-refractivity contribution in [1.29, 1.82) is 0 Å². The minimum Gasteiger partial charge on any atom is -0.360 e. The monoisotopic (exact) mass is 293 g/mol. The molecule has 2 amide bonds. The summed E-state index contributed by atoms with van der Waals surface area (Å²) < 4.78 is 5.25. The molecule has 6 heteroatoms. The van der Waals surface area contributed by atoms with E-state index in [0.717, 1.165) is 12.8 Å². The van der Waals surface area contributed by atoms with Gasteiger partial charge in [0.15, 0.2) is 5.76 Å². The first-order valence-electron chi connectivity index (χ1n) is 7.42. The van der Waals surface area contributed by atoms with Crippen LogP contribution in [0.4, 0.5) is 0 Å². The van der Waals surface area contributed by atoms with Gasteiger partial charge >= 0.3 is 0 Å². The molecule has 6 nitrogen and oxygen atoms in total. The Labute approximate surface area is 124 Å². The zero-order chi connectivity index (χ0) is 15.6. The van der Waals surface area contributed by atoms with Gasteiger partial charge < -0.3 is 14.7 Å². The molecule has 1 saturated heterocycles. The normalized spacial score (nSPS) is 16.3. The van der Waals surface area contributed by atoms with Crippen molar-refractivity contribution < 1.29 is 14.1 Å². The lowest BCUT2D eigenvalue weighted by Crippen LogP contribution is -2.46. The molecule has 0 atom stereocenters. The van der Waals surface area contributed by atoms with Crippen LogP contribution >= 0.6 is 0 Å². The van der Waals surface area contributed by atoms with Crippen LogP contribution in [0.3, 0.4) is 0 Å². The van der Waals surface area contributed by atoms with E-state index < -0.39 is 0 Å². The van der Waals surface area contributed by atoms with Gasteiger partial charge in [0, 0.05) is 32.0 Å². The second-order valence-corrected chi connectivity index (χ2v) is 5.92. The van der Waals surface area contributed by atoms with Gasteiger partial charge in [0.25, 0.3) is 5.91 Å². The number of likely N-dealkylation sites (tertiary alicyclic amines) is 1. The van der Waals surface area contributed by atoms with Crippen molar-refractivity contribution in [3.05, 3.63) is 17.0 Å². The molecule has 2 rings (SSSR count). The van der Waals surface area contributed by atoms with Gasteiger partial charge in [-0.25, -0.2) is 0 Å². The van der Waals surface area contributed by atoms with E-state index in [0.29, 0.717) is 30.1 Å². The minimum atomic E-state index is -0.126. The molecule has 0 aliphatic carbocycles. The molecule has 0 radical (unpaired) electrons. The van der Waals surface area contributed by atoms with Crippen molar-refractivity contribution in [3.8, 4) is 0 Å². The molecule has 2 heterocycles. The maximum atomic E-state index is 12.4. The smallest absolute Gasteiger partial charge is 0.257 e. The standard InChI is InChI=1S/C15H23N3O3/c1-9(2)14-13(10(3)17-21-14)15(20)16-12-5-7-18(8-6-12)11(4)19/h9,12H,5-8H2,1-4H3,(H,16,20). The average Bonchev–Trinajstić information content (AvgIpc) is 2.81. The van der Waals surface area contributed by atoms with Crippen molar-refractivity contribution in [2.45, 2.75) is 52.5 Å². The summed E-state index contributed by atoms with van der Waals surface area (Å²) in [5.41, 5.74) is 1.18. The lowest BCUT2D eigenvalue weighted by molar-refractivity contribution is -0.129. The topological polar surface area (TPSA) is 75.4 Å². The number of aromatic nitrogens is 1. The molecule has 0 spiro atoms. The Bertz CT molecular complexity index is 528. The second kappa shape index (κ2) is 6.28. The van der Waals surface area contributed by atoms with E-state index >= 15 is 0 Å². The molecule has 1 aliphatic heterocycles. The summed E-state index contributed by atoms with van der Waals surface area (Å²) >= 11 is 0. The Balaban J connectivity index is 2.00. The van der Waals surface area contributed by atoms with E-state index in [9.17, 15) is 9.59 Å². The molecule has 0 unspecified atom stereocenters. The number of hydrogen-bond acceptors (Lipinski definition) is 4. The number of aryl methyl sites for hydroxylation is 1. The third kappa shape index (κ3) is 3.43. The maximum Gasteiger partial charge on any atom is 0.257 e. The molecule has 21 heavy (non-hydrogen) atoms. The number of hydrogen-bond donors (Lipinski definition) is 1. The minimum absolute atomic E-state index is 0.0942. The van der Waals surface area contributed by atoms with Gasteiger partial charge in [-0.3, -0.25) is 9.59 Å². The van der Waals surface area contributed by atoms with Crippen LogP contribution in [0.5, 0.6) is 0 Å². The van der Waals surface area contributed by atoms with E-state index in [1.54, 1.807) is 13.8 Å². The fraction of sp³-hybridized carbons (Fsp3) is 0.667. The first-order valence-corrected chi connectivity index (χ1v) is 7.42. The van der Waals surface area contributed by atoms with E-state index in [4.69, 9.17) is 4.52 Å². The Morgan fingerprint density at radius 3 is 2.48 bits per heavy atom. The molecular formula is C15H23N3O3. The highest BCUT2D eigenvalue weighted by atomic mass is 16.5. The summed E-state index contributed by atoms with van der Waals surface area (Å²) in [6.07, 6.45) is 1.57. The molecule has 1 fully saturated rings. The van der Waals surface area contributed by atoms with Gasteiger partial charge in [0.2, 0.25) is 5.91 Å². The van der Waals surface area contributed by atoms with Gasteiger partial charge in [-0.05, 0) is 19.8 Å². The quantitative estimate of drug-likeness (QED) is 0.922. The number of nitrogens with zero attached hydrogens (tertiary/aromatic N) is 2. The fourth-order valence-corrected chi connectivity index (χ4v) is 2.65. The maximum absolute atomic E-state index is 12.4. The number of rotatable bonds is 3. The van der Waals surface area contributed by atoms with E-state index in [1.807, 2.05) is 18.7 Å². The van der Waals surface area contributed by atoms with Gasteiger partial charge in [-0.1, -0.05) is 19.0 Å². The Hall–Kier alpha value is -1.85. The number of carbonyl (C=O) groups excluding carboxylic acids is 2. The van der Waals surface area contributed by atoms with E-state index in [-0.39, 0.29) is 23.8 Å². The number of nitrogens with one attached hydrogen (secondary N) is 1. The molecule has 1 aromatic heterocycles. The number of piperidine rings is 1. The predicted octanol–water partition coefficient (Wildman–Crippen LogP) is 1.85. The highest BCUT2D eigenvalue weighted by Gasteiger charge is 2.26. The Kier molecular flexibility index (Phi) is 4.65. The van der Waals surface area contributed by atoms with Crippen molar-refractivity contribution in [2.75, 3.05) is 13.1 Å². The number of carbonyl (C=O) groups is 2. The van der Waals surface area contributed by atoms with Gasteiger partial charge in [-0.2, -0.15) is 0 Å². The summed E-state index contributed by atoms with van der Waals surface area (Å²) in [7, 11) is 0. The molecule has 0 bridgehead atoms. The lowest BCUT2D eigenvalue weighted by atomic mass is 10.0. The highest BCUT2D eigenvalue weighted by molar-refractivity contribution is 5.96. The molecule has 1 aromatic rings. The molecule has 0 saturated carbocycles. The zero-order valence-corrected chi connectivity index (χ0v) is 13.1. The molecule has 0 aromatic carbocycles. The molecule has 116 valence electrons. The van der Waals surface area contributed by atoms with Crippen LogP contribution in [0, 0.1) is 6.92 Å². The van der Waals surface area contributed by atoms with Crippen LogP contribution in [0.25, 0.3) is 0 Å². The van der Waals surface area contributed by atoms with Crippen LogP contribution in [0.1, 0.15) is 61.3 Å². The zero-order valence-electron chi connectivity index (χ0n) is 13.1. The molecule has 1 N–H and O–H groups in total. The van der Waals surface area contributed by atoms with E-state index in [2.05, 4.69) is 10.5 Å². The van der Waals surface area contributed by atoms with Crippen molar-refractivity contribution in [1.82, 2.24) is 15.4 Å². The van der Waals surface area contributed by atoms with E-state index in [1.165, 1.54) is 0 Å². The Morgan fingerprint density at radius 1 is 1.33 bits per heavy atom. The lowest BCUT2D eigenvalue weighted by Gasteiger charge is -2.31. The molecular weight excluding hydrogens is 270 g/mol. The molecule has 1 aliphatic rings. The van der Waals surface area contributed by atoms with Gasteiger partial charge in [-0.15, -0.1) is 0 Å². The van der Waals surface area contributed by atoms with Gasteiger partial charge in [0.05, 0.1) is 5.69 Å². The second-order valence-electron chi connectivity index (χ2n) is 5.92. The third-order valence-electron chi connectivity index (χ3n) is 3.92. The van der Waals surface area contributed by atoms with Gasteiger partial charge in [0.1, 0.15) is 5.56 Å². The number of amides is 2. The third-order valence-corrected chi connectivity index (χ3v) is 3.92. The van der Waals surface area contributed by atoms with Crippen LogP contribution in [-0.4, -0.2) is 41.0 Å². The van der Waals surface area contributed by atoms with Crippen LogP contribution < -0.4 is 5.32 Å².